The fraction of sp³-hybridized carbons (Fsp3) is 1.00. The van der Waals surface area contributed by atoms with E-state index in [2.05, 4.69) is 9.47 Å². The lowest BCUT2D eigenvalue weighted by Crippen LogP contribution is -2.60. The summed E-state index contributed by atoms with van der Waals surface area (Å²) in [5, 5.41) is 0. The first-order chi connectivity index (χ1) is 6.62. The highest BCUT2D eigenvalue weighted by atomic mass is 19.4. The third-order valence-electron chi connectivity index (χ3n) is 1.26. The minimum absolute atomic E-state index is 2.43. The summed E-state index contributed by atoms with van der Waals surface area (Å²) in [6, 6.07) is 0. The monoisotopic (exact) mass is 248 g/mol. The van der Waals surface area contributed by atoms with Crippen molar-refractivity contribution in [2.75, 3.05) is 13.7 Å². The zero-order valence-corrected chi connectivity index (χ0v) is 6.75. The van der Waals surface area contributed by atoms with Gasteiger partial charge in [0, 0.05) is 0 Å². The Morgan fingerprint density at radius 2 is 0.933 bits per heavy atom. The first-order valence-electron chi connectivity index (χ1n) is 3.15. The zero-order chi connectivity index (χ0) is 12.3. The van der Waals surface area contributed by atoms with E-state index in [1.807, 2.05) is 0 Å². The Kier molecular flexibility index (Phi) is 4.28. The average molecular weight is 248 g/mol. The molecule has 0 bridgehead atoms. The van der Waals surface area contributed by atoms with Crippen LogP contribution in [0.25, 0.3) is 0 Å². The van der Waals surface area contributed by atoms with Crippen molar-refractivity contribution in [2.45, 2.75) is 18.1 Å². The van der Waals surface area contributed by atoms with Crippen molar-refractivity contribution in [3.8, 4) is 0 Å². The van der Waals surface area contributed by atoms with E-state index in [4.69, 9.17) is 0 Å². The molecule has 0 unspecified atom stereocenters. The maximum Gasteiger partial charge on any atom is 0.453 e. The molecule has 0 saturated heterocycles. The maximum absolute atomic E-state index is 11.9. The molecule has 0 aromatic carbocycles. The Morgan fingerprint density at radius 1 is 0.667 bits per heavy atom. The van der Waals surface area contributed by atoms with Gasteiger partial charge in [-0.05, 0) is 0 Å². The van der Waals surface area contributed by atoms with Crippen molar-refractivity contribution in [1.29, 1.82) is 0 Å². The number of rotatable bonds is 4. The maximum atomic E-state index is 11.9. The van der Waals surface area contributed by atoms with E-state index in [1.165, 1.54) is 0 Å². The number of alkyl halides is 8. The lowest BCUT2D eigenvalue weighted by atomic mass is 10.2. The van der Waals surface area contributed by atoms with Gasteiger partial charge >= 0.3 is 18.1 Å². The van der Waals surface area contributed by atoms with Crippen molar-refractivity contribution in [3.63, 3.8) is 0 Å². The number of hydrogen-bond acceptors (Lipinski definition) is 2. The summed E-state index contributed by atoms with van der Waals surface area (Å²) in [6.45, 7) is -4.86. The molecule has 0 aromatic heterocycles. The SMILES string of the molecule is FCOC(OCF)(C(F)(F)F)C(F)(F)F. The third kappa shape index (κ3) is 2.68. The fourth-order valence-electron chi connectivity index (χ4n) is 0.683. The van der Waals surface area contributed by atoms with Crippen LogP contribution in [0.2, 0.25) is 0 Å². The summed E-state index contributed by atoms with van der Waals surface area (Å²) in [6.07, 6.45) is -12.3. The van der Waals surface area contributed by atoms with Gasteiger partial charge in [0.05, 0.1) is 0 Å². The van der Waals surface area contributed by atoms with Gasteiger partial charge in [-0.15, -0.1) is 0 Å². The molecule has 15 heavy (non-hydrogen) atoms. The van der Waals surface area contributed by atoms with Crippen LogP contribution < -0.4 is 0 Å². The molecule has 0 fully saturated rings. The molecule has 0 saturated carbocycles. The third-order valence-corrected chi connectivity index (χ3v) is 1.26. The summed E-state index contributed by atoms with van der Waals surface area (Å²) >= 11 is 0. The van der Waals surface area contributed by atoms with Crippen molar-refractivity contribution < 1.29 is 44.6 Å². The van der Waals surface area contributed by atoms with E-state index in [1.54, 1.807) is 0 Å². The van der Waals surface area contributed by atoms with Gasteiger partial charge in [0.15, 0.2) is 13.7 Å². The van der Waals surface area contributed by atoms with Gasteiger partial charge in [-0.1, -0.05) is 0 Å². The molecule has 0 aliphatic heterocycles. The first-order valence-corrected chi connectivity index (χ1v) is 3.15. The summed E-state index contributed by atoms with van der Waals surface area (Å²) in [7, 11) is 0. The topological polar surface area (TPSA) is 18.5 Å². The van der Waals surface area contributed by atoms with E-state index >= 15 is 0 Å². The minimum Gasteiger partial charge on any atom is -0.303 e. The van der Waals surface area contributed by atoms with Crippen LogP contribution in [0.3, 0.4) is 0 Å². The predicted molar refractivity (Wildman–Crippen MR) is 29.0 cm³/mol. The Bertz CT molecular complexity index is 174. The highest BCUT2D eigenvalue weighted by Gasteiger charge is 2.75. The van der Waals surface area contributed by atoms with Crippen LogP contribution in [0.4, 0.5) is 35.1 Å². The van der Waals surface area contributed by atoms with Crippen molar-refractivity contribution in [1.82, 2.24) is 0 Å². The first kappa shape index (κ1) is 14.4. The lowest BCUT2D eigenvalue weighted by molar-refractivity contribution is -0.478. The highest BCUT2D eigenvalue weighted by molar-refractivity contribution is 4.86. The molecule has 92 valence electrons. The molecular weight excluding hydrogens is 244 g/mol. The Hall–Kier alpha value is -0.640. The summed E-state index contributed by atoms with van der Waals surface area (Å²) in [4.78, 5) is 0. The van der Waals surface area contributed by atoms with Gasteiger partial charge in [-0.2, -0.15) is 26.3 Å². The van der Waals surface area contributed by atoms with Crippen LogP contribution in [0.5, 0.6) is 0 Å². The summed E-state index contributed by atoms with van der Waals surface area (Å²) in [5.74, 6) is -5.27. The molecule has 2 nitrogen and oxygen atoms in total. The fourth-order valence-corrected chi connectivity index (χ4v) is 0.683. The summed E-state index contributed by atoms with van der Waals surface area (Å²) in [5.41, 5.74) is 0. The molecule has 0 heterocycles. The Morgan fingerprint density at radius 3 is 1.07 bits per heavy atom. The molecule has 0 atom stereocenters. The van der Waals surface area contributed by atoms with Gasteiger partial charge in [-0.25, -0.2) is 8.78 Å². The number of hydrogen-bond donors (Lipinski definition) is 0. The second-order valence-corrected chi connectivity index (χ2v) is 2.12. The van der Waals surface area contributed by atoms with Gasteiger partial charge in [-0.3, -0.25) is 0 Å². The molecule has 0 amide bonds. The van der Waals surface area contributed by atoms with Crippen LogP contribution in [0.15, 0.2) is 0 Å². The second-order valence-electron chi connectivity index (χ2n) is 2.12. The van der Waals surface area contributed by atoms with Crippen molar-refractivity contribution in [2.24, 2.45) is 0 Å². The van der Waals surface area contributed by atoms with Gasteiger partial charge in [0.2, 0.25) is 0 Å². The largest absolute Gasteiger partial charge is 0.453 e. The predicted octanol–water partition coefficient (Wildman–Crippen LogP) is 2.69. The normalized spacial score (nSPS) is 14.4. The van der Waals surface area contributed by atoms with Crippen LogP contribution in [-0.4, -0.2) is 31.9 Å². The molecule has 0 aromatic rings. The molecular formula is C5H4F8O2. The second kappa shape index (κ2) is 4.47. The Labute approximate surface area is 77.8 Å². The van der Waals surface area contributed by atoms with Crippen LogP contribution >= 0.6 is 0 Å². The van der Waals surface area contributed by atoms with Crippen molar-refractivity contribution in [3.05, 3.63) is 0 Å². The Balaban J connectivity index is 5.28. The van der Waals surface area contributed by atoms with Crippen molar-refractivity contribution >= 4 is 0 Å². The smallest absolute Gasteiger partial charge is 0.303 e. The van der Waals surface area contributed by atoms with Crippen LogP contribution in [0, 0.1) is 0 Å². The molecule has 10 heteroatoms. The van der Waals surface area contributed by atoms with E-state index in [0.717, 1.165) is 0 Å². The minimum atomic E-state index is -6.15. The van der Waals surface area contributed by atoms with E-state index in [9.17, 15) is 35.1 Å². The highest BCUT2D eigenvalue weighted by Crippen LogP contribution is 2.46. The van der Waals surface area contributed by atoms with E-state index in [-0.39, 0.29) is 0 Å². The van der Waals surface area contributed by atoms with Crippen LogP contribution in [0.1, 0.15) is 0 Å². The molecule has 0 radical (unpaired) electrons. The summed E-state index contributed by atoms with van der Waals surface area (Å²) < 4.78 is 100. The average Bonchev–Trinajstić information content (AvgIpc) is 1.99. The van der Waals surface area contributed by atoms with Gasteiger partial charge in [0.25, 0.3) is 0 Å². The lowest BCUT2D eigenvalue weighted by Gasteiger charge is -2.34. The number of halogens is 8. The van der Waals surface area contributed by atoms with Gasteiger partial charge < -0.3 is 9.47 Å². The van der Waals surface area contributed by atoms with E-state index in [0.29, 0.717) is 0 Å². The molecule has 0 aliphatic rings. The molecule has 0 spiro atoms. The van der Waals surface area contributed by atoms with Crippen LogP contribution in [-0.2, 0) is 9.47 Å². The number of ether oxygens (including phenoxy) is 2. The van der Waals surface area contributed by atoms with E-state index < -0.39 is 31.9 Å². The molecule has 0 rings (SSSR count). The standard InChI is InChI=1S/C5H4F8O2/c6-1-14-3(15-2-7,4(8,9)10)5(11,12)13/h1-2H2. The zero-order valence-electron chi connectivity index (χ0n) is 6.75. The molecule has 0 aliphatic carbocycles. The van der Waals surface area contributed by atoms with Gasteiger partial charge in [0.1, 0.15) is 0 Å². The quantitative estimate of drug-likeness (QED) is 0.562. The molecule has 0 N–H and O–H groups in total.